The second-order valence-corrected chi connectivity index (χ2v) is 3.29. The fourth-order valence-electron chi connectivity index (χ4n) is 1.90. The number of hydrogen-bond donors (Lipinski definition) is 1. The molecule has 0 saturated carbocycles. The van der Waals surface area contributed by atoms with Gasteiger partial charge in [-0.15, -0.1) is 0 Å². The highest BCUT2D eigenvalue weighted by Crippen LogP contribution is 2.37. The molecule has 1 N–H and O–H groups in total. The standard InChI is InChI=1S/C10H12O.C2H6/c1-7-5-6-8-3-2-4-9(11)10(7)8;1-2/h2-4,7,11H,5-6H2,1H3;1-2H3. The Bertz CT molecular complexity index is 278. The van der Waals surface area contributed by atoms with Crippen molar-refractivity contribution in [3.05, 3.63) is 29.3 Å². The van der Waals surface area contributed by atoms with Gasteiger partial charge in [0.2, 0.25) is 0 Å². The monoisotopic (exact) mass is 178 g/mol. The van der Waals surface area contributed by atoms with Gasteiger partial charge < -0.3 is 5.11 Å². The van der Waals surface area contributed by atoms with E-state index in [2.05, 4.69) is 13.0 Å². The number of phenolic OH excluding ortho intramolecular Hbond substituents is 1. The van der Waals surface area contributed by atoms with Crippen LogP contribution < -0.4 is 0 Å². The number of phenols is 1. The van der Waals surface area contributed by atoms with E-state index in [4.69, 9.17) is 0 Å². The van der Waals surface area contributed by atoms with Crippen molar-refractivity contribution in [3.8, 4) is 5.75 Å². The molecule has 1 aliphatic rings. The molecule has 1 aromatic rings. The first-order valence-corrected chi connectivity index (χ1v) is 5.10. The van der Waals surface area contributed by atoms with Gasteiger partial charge in [0.1, 0.15) is 5.75 Å². The third kappa shape index (κ3) is 1.85. The van der Waals surface area contributed by atoms with Crippen LogP contribution in [-0.4, -0.2) is 5.11 Å². The Labute approximate surface area is 80.4 Å². The number of fused-ring (bicyclic) bond motifs is 1. The fourth-order valence-corrected chi connectivity index (χ4v) is 1.90. The number of aryl methyl sites for hydroxylation is 1. The number of benzene rings is 1. The minimum absolute atomic E-state index is 0.479. The Balaban J connectivity index is 0.000000396. The topological polar surface area (TPSA) is 20.2 Å². The molecule has 0 heterocycles. The number of aromatic hydroxyl groups is 1. The average molecular weight is 178 g/mol. The predicted molar refractivity (Wildman–Crippen MR) is 56.2 cm³/mol. The Morgan fingerprint density at radius 2 is 2.00 bits per heavy atom. The molecule has 2 rings (SSSR count). The summed E-state index contributed by atoms with van der Waals surface area (Å²) in [5.74, 6) is 1.03. The molecule has 1 unspecified atom stereocenters. The molecule has 1 aliphatic carbocycles. The van der Waals surface area contributed by atoms with Gasteiger partial charge in [0.15, 0.2) is 0 Å². The van der Waals surface area contributed by atoms with Gasteiger partial charge in [0, 0.05) is 0 Å². The van der Waals surface area contributed by atoms with Crippen molar-refractivity contribution in [2.45, 2.75) is 39.5 Å². The first-order chi connectivity index (χ1) is 6.29. The number of rotatable bonds is 0. The summed E-state index contributed by atoms with van der Waals surface area (Å²) in [4.78, 5) is 0. The van der Waals surface area contributed by atoms with Gasteiger partial charge in [-0.2, -0.15) is 0 Å². The highest BCUT2D eigenvalue weighted by molar-refractivity contribution is 5.44. The Hall–Kier alpha value is -0.980. The molecule has 0 fully saturated rings. The van der Waals surface area contributed by atoms with E-state index >= 15 is 0 Å². The molecule has 0 spiro atoms. The minimum atomic E-state index is 0.479. The molecule has 1 atom stereocenters. The first-order valence-electron chi connectivity index (χ1n) is 5.10. The van der Waals surface area contributed by atoms with Crippen LogP contribution in [0.25, 0.3) is 0 Å². The Morgan fingerprint density at radius 3 is 2.62 bits per heavy atom. The summed E-state index contributed by atoms with van der Waals surface area (Å²) in [6.07, 6.45) is 2.32. The van der Waals surface area contributed by atoms with Gasteiger partial charge in [0.05, 0.1) is 0 Å². The lowest BCUT2D eigenvalue weighted by Crippen LogP contribution is -1.86. The van der Waals surface area contributed by atoms with Crippen LogP contribution in [0.2, 0.25) is 0 Å². The summed E-state index contributed by atoms with van der Waals surface area (Å²) in [6, 6.07) is 5.81. The van der Waals surface area contributed by atoms with Crippen molar-refractivity contribution in [2.24, 2.45) is 0 Å². The summed E-state index contributed by atoms with van der Waals surface area (Å²) in [7, 11) is 0. The van der Waals surface area contributed by atoms with E-state index in [9.17, 15) is 5.11 Å². The van der Waals surface area contributed by atoms with E-state index in [-0.39, 0.29) is 0 Å². The second kappa shape index (κ2) is 4.31. The maximum atomic E-state index is 9.50. The maximum absolute atomic E-state index is 9.50. The summed E-state index contributed by atoms with van der Waals surface area (Å²) < 4.78 is 0. The molecule has 0 saturated heterocycles. The van der Waals surface area contributed by atoms with Gasteiger partial charge in [-0.05, 0) is 36.0 Å². The molecule has 1 nitrogen and oxygen atoms in total. The van der Waals surface area contributed by atoms with Crippen LogP contribution in [0, 0.1) is 0 Å². The summed E-state index contributed by atoms with van der Waals surface area (Å²) in [6.45, 7) is 6.17. The molecule has 72 valence electrons. The summed E-state index contributed by atoms with van der Waals surface area (Å²) in [5, 5.41) is 9.50. The molecular formula is C12H18O. The van der Waals surface area contributed by atoms with E-state index in [1.165, 1.54) is 17.5 Å². The van der Waals surface area contributed by atoms with Gasteiger partial charge in [0.25, 0.3) is 0 Å². The summed E-state index contributed by atoms with van der Waals surface area (Å²) in [5.41, 5.74) is 2.50. The van der Waals surface area contributed by atoms with Crippen molar-refractivity contribution in [2.75, 3.05) is 0 Å². The average Bonchev–Trinajstić information content (AvgIpc) is 2.53. The van der Waals surface area contributed by atoms with Crippen LogP contribution in [0.5, 0.6) is 5.75 Å². The van der Waals surface area contributed by atoms with Crippen molar-refractivity contribution in [3.63, 3.8) is 0 Å². The zero-order valence-electron chi connectivity index (χ0n) is 8.67. The smallest absolute Gasteiger partial charge is 0.119 e. The normalized spacial score (nSPS) is 18.8. The van der Waals surface area contributed by atoms with E-state index in [0.717, 1.165) is 6.42 Å². The maximum Gasteiger partial charge on any atom is 0.119 e. The molecule has 13 heavy (non-hydrogen) atoms. The molecular weight excluding hydrogens is 160 g/mol. The molecule has 1 aromatic carbocycles. The lowest BCUT2D eigenvalue weighted by atomic mass is 10.0. The van der Waals surface area contributed by atoms with Gasteiger partial charge >= 0.3 is 0 Å². The third-order valence-corrected chi connectivity index (χ3v) is 2.51. The third-order valence-electron chi connectivity index (χ3n) is 2.51. The van der Waals surface area contributed by atoms with E-state index in [1.807, 2.05) is 19.9 Å². The van der Waals surface area contributed by atoms with Crippen molar-refractivity contribution >= 4 is 0 Å². The van der Waals surface area contributed by atoms with Crippen LogP contribution >= 0.6 is 0 Å². The van der Waals surface area contributed by atoms with Crippen LogP contribution in [0.4, 0.5) is 0 Å². The highest BCUT2D eigenvalue weighted by atomic mass is 16.3. The molecule has 0 aliphatic heterocycles. The van der Waals surface area contributed by atoms with E-state index in [0.29, 0.717) is 11.7 Å². The quantitative estimate of drug-likeness (QED) is 0.645. The molecule has 0 aromatic heterocycles. The molecule has 0 radical (unpaired) electrons. The van der Waals surface area contributed by atoms with Crippen molar-refractivity contribution in [1.29, 1.82) is 0 Å². The fraction of sp³-hybridized carbons (Fsp3) is 0.500. The lowest BCUT2D eigenvalue weighted by Gasteiger charge is -2.05. The highest BCUT2D eigenvalue weighted by Gasteiger charge is 2.20. The van der Waals surface area contributed by atoms with Gasteiger partial charge in [-0.3, -0.25) is 0 Å². The predicted octanol–water partition coefficient (Wildman–Crippen LogP) is 3.47. The Kier molecular flexibility index (Phi) is 3.35. The van der Waals surface area contributed by atoms with Crippen LogP contribution in [0.3, 0.4) is 0 Å². The zero-order chi connectivity index (χ0) is 9.84. The van der Waals surface area contributed by atoms with Gasteiger partial charge in [-0.1, -0.05) is 32.9 Å². The Morgan fingerprint density at radius 1 is 1.31 bits per heavy atom. The molecule has 0 bridgehead atoms. The first kappa shape index (κ1) is 10.1. The zero-order valence-corrected chi connectivity index (χ0v) is 8.67. The van der Waals surface area contributed by atoms with Gasteiger partial charge in [-0.25, -0.2) is 0 Å². The van der Waals surface area contributed by atoms with Crippen molar-refractivity contribution in [1.82, 2.24) is 0 Å². The van der Waals surface area contributed by atoms with Crippen molar-refractivity contribution < 1.29 is 5.11 Å². The van der Waals surface area contributed by atoms with Crippen LogP contribution in [0.15, 0.2) is 18.2 Å². The minimum Gasteiger partial charge on any atom is -0.508 e. The largest absolute Gasteiger partial charge is 0.508 e. The molecule has 0 amide bonds. The summed E-state index contributed by atoms with van der Waals surface area (Å²) >= 11 is 0. The SMILES string of the molecule is CC.CC1CCc2cccc(O)c21. The lowest BCUT2D eigenvalue weighted by molar-refractivity contribution is 0.465. The van der Waals surface area contributed by atoms with Crippen LogP contribution in [0.1, 0.15) is 44.2 Å². The van der Waals surface area contributed by atoms with Crippen LogP contribution in [-0.2, 0) is 6.42 Å². The molecule has 1 heteroatoms. The van der Waals surface area contributed by atoms with E-state index in [1.54, 1.807) is 6.07 Å². The van der Waals surface area contributed by atoms with E-state index < -0.39 is 0 Å². The number of hydrogen-bond acceptors (Lipinski definition) is 1. The second-order valence-electron chi connectivity index (χ2n) is 3.29.